The summed E-state index contributed by atoms with van der Waals surface area (Å²) in [5.41, 5.74) is 3.65. The number of hydrogen-bond donors (Lipinski definition) is 2. The summed E-state index contributed by atoms with van der Waals surface area (Å²) >= 11 is 6.26. The van der Waals surface area contributed by atoms with Crippen LogP contribution >= 0.6 is 11.6 Å². The molecule has 1 heterocycles. The summed E-state index contributed by atoms with van der Waals surface area (Å²) in [5.74, 6) is 2.87. The number of aromatic nitrogens is 1. The topological polar surface area (TPSA) is 87.7 Å². The van der Waals surface area contributed by atoms with Crippen molar-refractivity contribution in [2.24, 2.45) is 28.3 Å². The lowest BCUT2D eigenvalue weighted by molar-refractivity contribution is -0.116. The standard InChI is InChI=1S/C25H30ClN3O3/c1-14-11-22(29-32-14)27-23(30)8-4-16-13-21(28-31)25(2)10-9-19-18-7-5-17(26)12-15(18)3-6-20(19)24(16)25/h5,7,11-12,16,19-20,24,31H,3-4,6,8-10,13H2,1-2H3,(H,27,29,30)/b28-21+/t16-,19?,20?,24?,25-/m1/s1. The molecular weight excluding hydrogens is 426 g/mol. The quantitative estimate of drug-likeness (QED) is 0.439. The van der Waals surface area contributed by atoms with E-state index in [0.717, 1.165) is 49.3 Å². The second-order valence-corrected chi connectivity index (χ2v) is 10.5. The predicted octanol–water partition coefficient (Wildman–Crippen LogP) is 5.97. The minimum Gasteiger partial charge on any atom is -0.411 e. The van der Waals surface area contributed by atoms with Crippen molar-refractivity contribution in [1.82, 2.24) is 5.16 Å². The summed E-state index contributed by atoms with van der Waals surface area (Å²) in [5, 5.41) is 21.1. The number of nitrogens with one attached hydrogen (secondary N) is 1. The van der Waals surface area contributed by atoms with Gasteiger partial charge in [-0.2, -0.15) is 0 Å². The van der Waals surface area contributed by atoms with Crippen LogP contribution in [-0.4, -0.2) is 22.0 Å². The Labute approximate surface area is 193 Å². The molecular formula is C25H30ClN3O3. The maximum Gasteiger partial charge on any atom is 0.225 e. The molecule has 3 aliphatic carbocycles. The highest BCUT2D eigenvalue weighted by Crippen LogP contribution is 2.62. The van der Waals surface area contributed by atoms with Gasteiger partial charge in [0.2, 0.25) is 5.91 Å². The van der Waals surface area contributed by atoms with Gasteiger partial charge in [-0.3, -0.25) is 4.79 Å². The Hall–Kier alpha value is -2.34. The van der Waals surface area contributed by atoms with Crippen molar-refractivity contribution >= 4 is 29.0 Å². The van der Waals surface area contributed by atoms with Gasteiger partial charge in [0.1, 0.15) is 5.76 Å². The van der Waals surface area contributed by atoms with Crippen LogP contribution in [0.5, 0.6) is 0 Å². The zero-order valence-electron chi connectivity index (χ0n) is 18.6. The van der Waals surface area contributed by atoms with Crippen molar-refractivity contribution in [1.29, 1.82) is 0 Å². The van der Waals surface area contributed by atoms with Crippen LogP contribution in [-0.2, 0) is 11.2 Å². The number of benzene rings is 1. The first kappa shape index (κ1) is 21.5. The van der Waals surface area contributed by atoms with Crippen LogP contribution in [0.15, 0.2) is 33.9 Å². The molecule has 6 nitrogen and oxygen atoms in total. The molecule has 0 saturated heterocycles. The first-order valence-electron chi connectivity index (χ1n) is 11.6. The number of aryl methyl sites for hydroxylation is 2. The Morgan fingerprint density at radius 3 is 2.97 bits per heavy atom. The molecule has 1 aromatic heterocycles. The van der Waals surface area contributed by atoms with Crippen molar-refractivity contribution in [3.63, 3.8) is 0 Å². The highest BCUT2D eigenvalue weighted by molar-refractivity contribution is 6.30. The van der Waals surface area contributed by atoms with Crippen molar-refractivity contribution in [2.75, 3.05) is 5.32 Å². The molecule has 32 heavy (non-hydrogen) atoms. The molecule has 2 aromatic rings. The molecule has 0 bridgehead atoms. The third-order valence-electron chi connectivity index (χ3n) is 8.32. The lowest BCUT2D eigenvalue weighted by Crippen LogP contribution is -2.44. The van der Waals surface area contributed by atoms with Crippen molar-refractivity contribution in [2.45, 2.75) is 64.7 Å². The number of rotatable bonds is 4. The molecule has 3 unspecified atom stereocenters. The van der Waals surface area contributed by atoms with Gasteiger partial charge < -0.3 is 15.0 Å². The van der Waals surface area contributed by atoms with Gasteiger partial charge in [-0.05, 0) is 92.4 Å². The van der Waals surface area contributed by atoms with E-state index in [1.165, 1.54) is 11.1 Å². The number of halogens is 1. The normalized spacial score (nSPS) is 32.3. The zero-order chi connectivity index (χ0) is 22.5. The number of amides is 1. The average molecular weight is 456 g/mol. The molecule has 2 N–H and O–H groups in total. The Morgan fingerprint density at radius 1 is 1.38 bits per heavy atom. The van der Waals surface area contributed by atoms with Crippen LogP contribution < -0.4 is 5.32 Å². The van der Waals surface area contributed by atoms with Crippen LogP contribution in [0.2, 0.25) is 5.02 Å². The number of oxime groups is 1. The lowest BCUT2D eigenvalue weighted by atomic mass is 9.54. The summed E-state index contributed by atoms with van der Waals surface area (Å²) in [4.78, 5) is 12.6. The lowest BCUT2D eigenvalue weighted by Gasteiger charge is -2.50. The highest BCUT2D eigenvalue weighted by Gasteiger charge is 2.57. The summed E-state index contributed by atoms with van der Waals surface area (Å²) in [6.07, 6.45) is 6.24. The Bertz CT molecular complexity index is 1060. The third kappa shape index (κ3) is 3.62. The van der Waals surface area contributed by atoms with Crippen molar-refractivity contribution < 1.29 is 14.5 Å². The van der Waals surface area contributed by atoms with E-state index in [9.17, 15) is 10.0 Å². The molecule has 3 aliphatic rings. The molecule has 2 fully saturated rings. The van der Waals surface area contributed by atoms with E-state index in [-0.39, 0.29) is 11.3 Å². The summed E-state index contributed by atoms with van der Waals surface area (Å²) in [7, 11) is 0. The molecule has 1 amide bonds. The molecule has 5 rings (SSSR count). The SMILES string of the molecule is Cc1cc(NC(=O)CC[C@@H]2C/C(=N\O)[C@@]3(C)CCC4c5ccc(Cl)cc5CCC4C23)no1. The third-order valence-corrected chi connectivity index (χ3v) is 8.56. The first-order chi connectivity index (χ1) is 15.4. The Kier molecular flexibility index (Phi) is 5.52. The van der Waals surface area contributed by atoms with E-state index in [2.05, 4.69) is 34.7 Å². The molecule has 1 aromatic carbocycles. The summed E-state index contributed by atoms with van der Waals surface area (Å²) < 4.78 is 5.03. The molecule has 170 valence electrons. The van der Waals surface area contributed by atoms with E-state index >= 15 is 0 Å². The number of anilines is 1. The largest absolute Gasteiger partial charge is 0.411 e. The van der Waals surface area contributed by atoms with Crippen LogP contribution in [0.25, 0.3) is 0 Å². The molecule has 0 aliphatic heterocycles. The number of fused-ring (bicyclic) bond motifs is 5. The van der Waals surface area contributed by atoms with Gasteiger partial charge in [0.25, 0.3) is 0 Å². The fourth-order valence-corrected chi connectivity index (χ4v) is 7.19. The van der Waals surface area contributed by atoms with Gasteiger partial charge in [0, 0.05) is 22.9 Å². The van der Waals surface area contributed by atoms with Crippen LogP contribution in [0.1, 0.15) is 68.3 Å². The predicted molar refractivity (Wildman–Crippen MR) is 123 cm³/mol. The number of carbonyl (C=O) groups excluding carboxylic acids is 1. The van der Waals surface area contributed by atoms with Crippen molar-refractivity contribution in [3.8, 4) is 0 Å². The van der Waals surface area contributed by atoms with Gasteiger partial charge in [-0.1, -0.05) is 34.9 Å². The maximum absolute atomic E-state index is 12.6. The number of hydrogen-bond acceptors (Lipinski definition) is 5. The molecule has 7 heteroatoms. The van der Waals surface area contributed by atoms with E-state index in [4.69, 9.17) is 16.1 Å². The van der Waals surface area contributed by atoms with Crippen LogP contribution in [0, 0.1) is 30.1 Å². The fraction of sp³-hybridized carbons (Fsp3) is 0.560. The molecule has 2 saturated carbocycles. The van der Waals surface area contributed by atoms with Crippen LogP contribution in [0.4, 0.5) is 5.82 Å². The van der Waals surface area contributed by atoms with Crippen LogP contribution in [0.3, 0.4) is 0 Å². The monoisotopic (exact) mass is 455 g/mol. The van der Waals surface area contributed by atoms with E-state index in [1.807, 2.05) is 6.07 Å². The zero-order valence-corrected chi connectivity index (χ0v) is 19.4. The second-order valence-electron chi connectivity index (χ2n) is 10.1. The van der Waals surface area contributed by atoms with Crippen molar-refractivity contribution in [3.05, 3.63) is 46.2 Å². The minimum absolute atomic E-state index is 0.0506. The maximum atomic E-state index is 12.6. The Morgan fingerprint density at radius 2 is 2.22 bits per heavy atom. The average Bonchev–Trinajstić information content (AvgIpc) is 3.31. The smallest absolute Gasteiger partial charge is 0.225 e. The molecule has 5 atom stereocenters. The van der Waals surface area contributed by atoms with E-state index in [1.54, 1.807) is 13.0 Å². The summed E-state index contributed by atoms with van der Waals surface area (Å²) in [6, 6.07) is 8.08. The van der Waals surface area contributed by atoms with Gasteiger partial charge >= 0.3 is 0 Å². The number of carbonyl (C=O) groups is 1. The second kappa shape index (κ2) is 8.22. The molecule has 0 spiro atoms. The Balaban J connectivity index is 1.36. The van der Waals surface area contributed by atoms with Gasteiger partial charge in [-0.25, -0.2) is 0 Å². The van der Waals surface area contributed by atoms with E-state index < -0.39 is 0 Å². The summed E-state index contributed by atoms with van der Waals surface area (Å²) in [6.45, 7) is 4.08. The molecule has 0 radical (unpaired) electrons. The first-order valence-corrected chi connectivity index (χ1v) is 12.0. The fourth-order valence-electron chi connectivity index (χ4n) is 7.00. The van der Waals surface area contributed by atoms with Gasteiger partial charge in [-0.15, -0.1) is 0 Å². The van der Waals surface area contributed by atoms with Gasteiger partial charge in [0.15, 0.2) is 5.82 Å². The van der Waals surface area contributed by atoms with Gasteiger partial charge in [0.05, 0.1) is 5.71 Å². The minimum atomic E-state index is -0.0930. The highest BCUT2D eigenvalue weighted by atomic mass is 35.5. The van der Waals surface area contributed by atoms with E-state index in [0.29, 0.717) is 41.7 Å². The number of nitrogens with zero attached hydrogens (tertiary/aromatic N) is 2.